The largest absolute Gasteiger partial charge is 0.421 e. The topological polar surface area (TPSA) is 87.8 Å². The second-order valence-corrected chi connectivity index (χ2v) is 5.96. The number of aromatic nitrogens is 2. The van der Waals surface area contributed by atoms with Crippen molar-refractivity contribution in [2.24, 2.45) is 0 Å². The highest BCUT2D eigenvalue weighted by atomic mass is 19.4. The van der Waals surface area contributed by atoms with Crippen LogP contribution in [0.4, 0.5) is 18.9 Å². The molecule has 1 aliphatic rings. The minimum Gasteiger partial charge on any atom is -0.324 e. The Balaban J connectivity index is 1.86. The molecule has 0 atom stereocenters. The van der Waals surface area contributed by atoms with Gasteiger partial charge in [0.2, 0.25) is 5.91 Å². The fourth-order valence-electron chi connectivity index (χ4n) is 2.45. The summed E-state index contributed by atoms with van der Waals surface area (Å²) in [5.74, 6) is -0.825. The number of amides is 1. The van der Waals surface area contributed by atoms with Crippen molar-refractivity contribution in [1.82, 2.24) is 9.78 Å². The first-order valence-electron chi connectivity index (χ1n) is 7.77. The molecule has 9 heteroatoms. The Kier molecular flexibility index (Phi) is 4.50. The summed E-state index contributed by atoms with van der Waals surface area (Å²) in [5.41, 5.74) is -1.91. The monoisotopic (exact) mass is 362 g/mol. The maximum Gasteiger partial charge on any atom is 0.421 e. The van der Waals surface area contributed by atoms with Crippen molar-refractivity contribution in [2.75, 3.05) is 5.32 Å². The smallest absolute Gasteiger partial charge is 0.324 e. The Morgan fingerprint density at radius 2 is 2.08 bits per heavy atom. The SMILES string of the molecule is N#Cc1cccc(NC(=O)Cn2nc(C3CC3)cc(C(F)(F)F)c2=O)c1. The Labute approximate surface area is 145 Å². The first kappa shape index (κ1) is 17.7. The molecular formula is C17H13F3N4O2. The Morgan fingerprint density at radius 1 is 1.35 bits per heavy atom. The van der Waals surface area contributed by atoms with E-state index in [1.54, 1.807) is 6.07 Å². The van der Waals surface area contributed by atoms with Crippen molar-refractivity contribution in [3.63, 3.8) is 0 Å². The summed E-state index contributed by atoms with van der Waals surface area (Å²) < 4.78 is 39.8. The zero-order chi connectivity index (χ0) is 18.9. The first-order valence-corrected chi connectivity index (χ1v) is 7.77. The van der Waals surface area contributed by atoms with Crippen LogP contribution in [0.3, 0.4) is 0 Å². The van der Waals surface area contributed by atoms with E-state index in [2.05, 4.69) is 10.4 Å². The van der Waals surface area contributed by atoms with E-state index >= 15 is 0 Å². The standard InChI is InChI=1S/C17H13F3N4O2/c18-17(19,20)13-7-14(11-4-5-11)23-24(16(13)26)9-15(25)22-12-3-1-2-10(6-12)8-21/h1-3,6-7,11H,4-5,9H2,(H,22,25). The van der Waals surface area contributed by atoms with E-state index < -0.39 is 29.8 Å². The third kappa shape index (κ3) is 3.91. The van der Waals surface area contributed by atoms with Gasteiger partial charge in [-0.25, -0.2) is 4.68 Å². The summed E-state index contributed by atoms with van der Waals surface area (Å²) >= 11 is 0. The van der Waals surface area contributed by atoms with E-state index in [1.165, 1.54) is 18.2 Å². The third-order valence-electron chi connectivity index (χ3n) is 3.86. The van der Waals surface area contributed by atoms with Gasteiger partial charge in [0.05, 0.1) is 17.3 Å². The molecule has 1 aromatic carbocycles. The molecule has 3 rings (SSSR count). The summed E-state index contributed by atoms with van der Waals surface area (Å²) in [5, 5.41) is 15.2. The lowest BCUT2D eigenvalue weighted by molar-refractivity contribution is -0.139. The predicted molar refractivity (Wildman–Crippen MR) is 85.3 cm³/mol. The Bertz CT molecular complexity index is 956. The fraction of sp³-hybridized carbons (Fsp3) is 0.294. The van der Waals surface area contributed by atoms with Crippen LogP contribution in [0.2, 0.25) is 0 Å². The minimum absolute atomic E-state index is 0.113. The number of carbonyl (C=O) groups excluding carboxylic acids is 1. The lowest BCUT2D eigenvalue weighted by Crippen LogP contribution is -2.35. The van der Waals surface area contributed by atoms with Crippen molar-refractivity contribution < 1.29 is 18.0 Å². The number of nitrogens with one attached hydrogen (secondary N) is 1. The van der Waals surface area contributed by atoms with Crippen LogP contribution in [0, 0.1) is 11.3 Å². The Morgan fingerprint density at radius 3 is 2.69 bits per heavy atom. The second-order valence-electron chi connectivity index (χ2n) is 5.96. The zero-order valence-corrected chi connectivity index (χ0v) is 13.4. The molecule has 1 heterocycles. The van der Waals surface area contributed by atoms with E-state index in [4.69, 9.17) is 5.26 Å². The van der Waals surface area contributed by atoms with Gasteiger partial charge in [0.15, 0.2) is 0 Å². The van der Waals surface area contributed by atoms with Crippen molar-refractivity contribution in [3.8, 4) is 6.07 Å². The molecule has 0 aliphatic heterocycles. The second kappa shape index (κ2) is 6.63. The van der Waals surface area contributed by atoms with Crippen LogP contribution < -0.4 is 10.9 Å². The van der Waals surface area contributed by atoms with Gasteiger partial charge in [-0.3, -0.25) is 9.59 Å². The van der Waals surface area contributed by atoms with Gasteiger partial charge in [-0.15, -0.1) is 0 Å². The maximum absolute atomic E-state index is 13.1. The van der Waals surface area contributed by atoms with Gasteiger partial charge >= 0.3 is 6.18 Å². The number of halogens is 3. The number of carbonyl (C=O) groups is 1. The number of rotatable bonds is 4. The van der Waals surface area contributed by atoms with E-state index in [0.29, 0.717) is 28.8 Å². The van der Waals surface area contributed by atoms with Crippen LogP contribution >= 0.6 is 0 Å². The highest BCUT2D eigenvalue weighted by molar-refractivity contribution is 5.90. The molecule has 1 N–H and O–H groups in total. The van der Waals surface area contributed by atoms with Gasteiger partial charge < -0.3 is 5.32 Å². The fourth-order valence-corrected chi connectivity index (χ4v) is 2.45. The normalized spacial score (nSPS) is 13.9. The van der Waals surface area contributed by atoms with Gasteiger partial charge in [-0.1, -0.05) is 6.07 Å². The van der Waals surface area contributed by atoms with Gasteiger partial charge in [0, 0.05) is 11.6 Å². The molecule has 0 radical (unpaired) electrons. The van der Waals surface area contributed by atoms with Crippen LogP contribution in [-0.2, 0) is 17.5 Å². The molecule has 134 valence electrons. The number of hydrogen-bond acceptors (Lipinski definition) is 4. The van der Waals surface area contributed by atoms with Crippen molar-refractivity contribution in [2.45, 2.75) is 31.5 Å². The van der Waals surface area contributed by atoms with E-state index in [0.717, 1.165) is 6.07 Å². The van der Waals surface area contributed by atoms with Crippen LogP contribution in [0.5, 0.6) is 0 Å². The van der Waals surface area contributed by atoms with E-state index in [1.807, 2.05) is 6.07 Å². The van der Waals surface area contributed by atoms with Gasteiger partial charge in [0.1, 0.15) is 12.1 Å². The maximum atomic E-state index is 13.1. The molecule has 0 saturated heterocycles. The quantitative estimate of drug-likeness (QED) is 0.906. The molecule has 2 aromatic rings. The van der Waals surface area contributed by atoms with Crippen LogP contribution in [0.25, 0.3) is 0 Å². The molecular weight excluding hydrogens is 349 g/mol. The molecule has 1 saturated carbocycles. The summed E-state index contributed by atoms with van der Waals surface area (Å²) in [7, 11) is 0. The number of hydrogen-bond donors (Lipinski definition) is 1. The summed E-state index contributed by atoms with van der Waals surface area (Å²) in [6.07, 6.45) is -3.41. The molecule has 1 aromatic heterocycles. The first-order chi connectivity index (χ1) is 12.3. The van der Waals surface area contributed by atoms with Crippen LogP contribution in [0.15, 0.2) is 35.1 Å². The van der Waals surface area contributed by atoms with Crippen LogP contribution in [0.1, 0.15) is 35.6 Å². The lowest BCUT2D eigenvalue weighted by Gasteiger charge is -2.12. The zero-order valence-electron chi connectivity index (χ0n) is 13.4. The molecule has 1 aliphatic carbocycles. The predicted octanol–water partition coefficient (Wildman–Crippen LogP) is 2.65. The minimum atomic E-state index is -4.82. The average Bonchev–Trinajstić information content (AvgIpc) is 3.40. The highest BCUT2D eigenvalue weighted by Crippen LogP contribution is 2.40. The molecule has 1 fully saturated rings. The molecule has 0 unspecified atom stereocenters. The van der Waals surface area contributed by atoms with E-state index in [9.17, 15) is 22.8 Å². The molecule has 1 amide bonds. The van der Waals surface area contributed by atoms with Gasteiger partial charge in [-0.2, -0.15) is 23.5 Å². The molecule has 6 nitrogen and oxygen atoms in total. The summed E-state index contributed by atoms with van der Waals surface area (Å²) in [4.78, 5) is 24.2. The Hall–Kier alpha value is -3.15. The van der Waals surface area contributed by atoms with Gasteiger partial charge in [-0.05, 0) is 37.1 Å². The third-order valence-corrected chi connectivity index (χ3v) is 3.86. The lowest BCUT2D eigenvalue weighted by atomic mass is 10.2. The van der Waals surface area contributed by atoms with Crippen molar-refractivity contribution >= 4 is 11.6 Å². The molecule has 0 bridgehead atoms. The number of nitriles is 1. The van der Waals surface area contributed by atoms with Gasteiger partial charge in [0.25, 0.3) is 5.56 Å². The van der Waals surface area contributed by atoms with Crippen LogP contribution in [-0.4, -0.2) is 15.7 Å². The van der Waals surface area contributed by atoms with E-state index in [-0.39, 0.29) is 11.6 Å². The number of alkyl halides is 3. The summed E-state index contributed by atoms with van der Waals surface area (Å²) in [6, 6.07) is 8.70. The average molecular weight is 362 g/mol. The molecule has 26 heavy (non-hydrogen) atoms. The molecule has 0 spiro atoms. The number of anilines is 1. The highest BCUT2D eigenvalue weighted by Gasteiger charge is 2.37. The van der Waals surface area contributed by atoms with Crippen molar-refractivity contribution in [1.29, 1.82) is 5.26 Å². The van der Waals surface area contributed by atoms with Crippen molar-refractivity contribution in [3.05, 3.63) is 57.5 Å². The summed E-state index contributed by atoms with van der Waals surface area (Å²) in [6.45, 7) is -0.654. The number of nitrogens with zero attached hydrogens (tertiary/aromatic N) is 3. The number of benzene rings is 1.